The van der Waals surface area contributed by atoms with Crippen LogP contribution in [0.2, 0.25) is 0 Å². The van der Waals surface area contributed by atoms with Gasteiger partial charge in [-0.2, -0.15) is 0 Å². The second-order valence-corrected chi connectivity index (χ2v) is 6.03. The zero-order chi connectivity index (χ0) is 16.9. The summed E-state index contributed by atoms with van der Waals surface area (Å²) < 4.78 is 6.04. The number of amides is 1. The summed E-state index contributed by atoms with van der Waals surface area (Å²) >= 11 is 3.43. The predicted octanol–water partition coefficient (Wildman–Crippen LogP) is 4.00. The van der Waals surface area contributed by atoms with Gasteiger partial charge in [-0.25, -0.2) is 0 Å². The lowest BCUT2D eigenvalue weighted by molar-refractivity contribution is 0.102. The minimum atomic E-state index is -0.315. The van der Waals surface area contributed by atoms with E-state index in [1.54, 1.807) is 18.4 Å². The minimum absolute atomic E-state index is 0.242. The molecule has 0 atom stereocenters. The van der Waals surface area contributed by atoms with Gasteiger partial charge in [-0.3, -0.25) is 4.79 Å². The van der Waals surface area contributed by atoms with Crippen LogP contribution < -0.4 is 10.6 Å². The summed E-state index contributed by atoms with van der Waals surface area (Å²) in [5, 5.41) is 13.8. The largest absolute Gasteiger partial charge is 0.467 e. The van der Waals surface area contributed by atoms with Crippen LogP contribution in [0.5, 0.6) is 0 Å². The van der Waals surface area contributed by atoms with E-state index >= 15 is 0 Å². The molecular formula is C17H15BrN4O2. The van der Waals surface area contributed by atoms with E-state index in [4.69, 9.17) is 4.42 Å². The Morgan fingerprint density at radius 2 is 2.08 bits per heavy atom. The summed E-state index contributed by atoms with van der Waals surface area (Å²) in [6.07, 6.45) is 1.61. The van der Waals surface area contributed by atoms with Gasteiger partial charge in [-0.15, -0.1) is 10.2 Å². The molecule has 2 aromatic heterocycles. The van der Waals surface area contributed by atoms with E-state index in [1.807, 2.05) is 37.3 Å². The molecule has 0 aliphatic heterocycles. The fourth-order valence-corrected chi connectivity index (χ4v) is 2.64. The Labute approximate surface area is 147 Å². The van der Waals surface area contributed by atoms with Crippen molar-refractivity contribution in [1.29, 1.82) is 0 Å². The Morgan fingerprint density at radius 1 is 1.21 bits per heavy atom. The first-order valence-corrected chi connectivity index (χ1v) is 8.08. The number of aromatic nitrogens is 2. The Balaban J connectivity index is 1.63. The zero-order valence-electron chi connectivity index (χ0n) is 12.9. The van der Waals surface area contributed by atoms with Crippen molar-refractivity contribution >= 4 is 33.3 Å². The molecule has 0 unspecified atom stereocenters. The van der Waals surface area contributed by atoms with Gasteiger partial charge in [0, 0.05) is 4.47 Å². The molecule has 6 nitrogen and oxygen atoms in total. The molecule has 2 heterocycles. The highest BCUT2D eigenvalue weighted by Gasteiger charge is 2.10. The lowest BCUT2D eigenvalue weighted by Crippen LogP contribution is -2.15. The lowest BCUT2D eigenvalue weighted by Gasteiger charge is -2.08. The average Bonchev–Trinajstić information content (AvgIpc) is 3.09. The third-order valence-electron chi connectivity index (χ3n) is 3.29. The molecule has 0 aliphatic carbocycles. The molecule has 24 heavy (non-hydrogen) atoms. The summed E-state index contributed by atoms with van der Waals surface area (Å²) in [5.74, 6) is 1.05. The van der Waals surface area contributed by atoms with Gasteiger partial charge in [0.1, 0.15) is 11.6 Å². The number of halogens is 1. The van der Waals surface area contributed by atoms with Crippen molar-refractivity contribution in [2.45, 2.75) is 13.5 Å². The van der Waals surface area contributed by atoms with Gasteiger partial charge in [-0.05, 0) is 64.8 Å². The van der Waals surface area contributed by atoms with Gasteiger partial charge in [0.05, 0.1) is 18.5 Å². The second-order valence-electron chi connectivity index (χ2n) is 5.17. The third-order valence-corrected chi connectivity index (χ3v) is 3.95. The molecule has 0 aliphatic rings. The van der Waals surface area contributed by atoms with Crippen molar-refractivity contribution in [1.82, 2.24) is 10.2 Å². The van der Waals surface area contributed by atoms with Gasteiger partial charge >= 0.3 is 0 Å². The van der Waals surface area contributed by atoms with Gasteiger partial charge in [0.2, 0.25) is 0 Å². The first-order valence-electron chi connectivity index (χ1n) is 7.29. The van der Waals surface area contributed by atoms with E-state index in [2.05, 4.69) is 36.8 Å². The van der Waals surface area contributed by atoms with E-state index in [0.29, 0.717) is 18.1 Å². The van der Waals surface area contributed by atoms with E-state index in [1.165, 1.54) is 0 Å². The maximum Gasteiger partial charge on any atom is 0.276 e. The Hall–Kier alpha value is -2.67. The number of nitrogens with one attached hydrogen (secondary N) is 2. The van der Waals surface area contributed by atoms with E-state index in [0.717, 1.165) is 15.8 Å². The van der Waals surface area contributed by atoms with Gasteiger partial charge in [-0.1, -0.05) is 6.07 Å². The van der Waals surface area contributed by atoms with Crippen LogP contribution >= 0.6 is 15.9 Å². The maximum atomic E-state index is 12.2. The number of anilines is 2. The third kappa shape index (κ3) is 3.99. The number of furan rings is 1. The van der Waals surface area contributed by atoms with Crippen LogP contribution in [0, 0.1) is 6.92 Å². The molecule has 1 aromatic carbocycles. The van der Waals surface area contributed by atoms with Crippen LogP contribution in [0.1, 0.15) is 21.8 Å². The molecular weight excluding hydrogens is 372 g/mol. The van der Waals surface area contributed by atoms with Crippen LogP contribution in [-0.2, 0) is 6.54 Å². The van der Waals surface area contributed by atoms with Crippen molar-refractivity contribution in [3.8, 4) is 0 Å². The van der Waals surface area contributed by atoms with Gasteiger partial charge in [0.25, 0.3) is 5.91 Å². The SMILES string of the molecule is Cc1ccc(NC(=O)c2ccc(NCc3ccco3)nn2)c(Br)c1. The topological polar surface area (TPSA) is 80.0 Å². The van der Waals surface area contributed by atoms with Crippen LogP contribution in [0.15, 0.2) is 57.6 Å². The fraction of sp³-hybridized carbons (Fsp3) is 0.118. The van der Waals surface area contributed by atoms with Crippen molar-refractivity contribution in [2.24, 2.45) is 0 Å². The molecule has 0 fully saturated rings. The standard InChI is InChI=1S/C17H15BrN4O2/c1-11-4-5-14(13(18)9-11)20-17(23)15-6-7-16(22-21-15)19-10-12-3-2-8-24-12/h2-9H,10H2,1H3,(H,19,22)(H,20,23). The van der Waals surface area contributed by atoms with Gasteiger partial charge < -0.3 is 15.1 Å². The number of benzene rings is 1. The van der Waals surface area contributed by atoms with E-state index in [-0.39, 0.29) is 11.6 Å². The number of rotatable bonds is 5. The van der Waals surface area contributed by atoms with E-state index < -0.39 is 0 Å². The van der Waals surface area contributed by atoms with Crippen molar-refractivity contribution < 1.29 is 9.21 Å². The van der Waals surface area contributed by atoms with Crippen molar-refractivity contribution in [2.75, 3.05) is 10.6 Å². The van der Waals surface area contributed by atoms with Crippen LogP contribution in [-0.4, -0.2) is 16.1 Å². The highest BCUT2D eigenvalue weighted by Crippen LogP contribution is 2.23. The normalized spacial score (nSPS) is 10.4. The summed E-state index contributed by atoms with van der Waals surface area (Å²) in [4.78, 5) is 12.2. The number of hydrogen-bond donors (Lipinski definition) is 2. The number of nitrogens with zero attached hydrogens (tertiary/aromatic N) is 2. The molecule has 0 bridgehead atoms. The van der Waals surface area contributed by atoms with Gasteiger partial charge in [0.15, 0.2) is 5.69 Å². The van der Waals surface area contributed by atoms with Crippen LogP contribution in [0.3, 0.4) is 0 Å². The predicted molar refractivity (Wildman–Crippen MR) is 94.9 cm³/mol. The first kappa shape index (κ1) is 16.2. The Morgan fingerprint density at radius 3 is 2.75 bits per heavy atom. The van der Waals surface area contributed by atoms with Crippen molar-refractivity contribution in [3.05, 3.63) is 70.2 Å². The quantitative estimate of drug-likeness (QED) is 0.692. The molecule has 3 aromatic rings. The molecule has 0 radical (unpaired) electrons. The first-order chi connectivity index (χ1) is 11.6. The molecule has 122 valence electrons. The molecule has 0 saturated carbocycles. The van der Waals surface area contributed by atoms with Crippen molar-refractivity contribution in [3.63, 3.8) is 0 Å². The highest BCUT2D eigenvalue weighted by molar-refractivity contribution is 9.10. The maximum absolute atomic E-state index is 12.2. The summed E-state index contributed by atoms with van der Waals surface area (Å²) in [5.41, 5.74) is 2.03. The monoisotopic (exact) mass is 386 g/mol. The summed E-state index contributed by atoms with van der Waals surface area (Å²) in [7, 11) is 0. The number of carbonyl (C=O) groups excluding carboxylic acids is 1. The number of aryl methyl sites for hydroxylation is 1. The highest BCUT2D eigenvalue weighted by atomic mass is 79.9. The summed E-state index contributed by atoms with van der Waals surface area (Å²) in [6.45, 7) is 2.49. The van der Waals surface area contributed by atoms with Crippen LogP contribution in [0.25, 0.3) is 0 Å². The number of hydrogen-bond acceptors (Lipinski definition) is 5. The molecule has 7 heteroatoms. The van der Waals surface area contributed by atoms with E-state index in [9.17, 15) is 4.79 Å². The summed E-state index contributed by atoms with van der Waals surface area (Å²) in [6, 6.07) is 12.7. The molecule has 3 rings (SSSR count). The number of carbonyl (C=O) groups is 1. The Kier molecular flexibility index (Phi) is 4.90. The zero-order valence-corrected chi connectivity index (χ0v) is 14.5. The Bertz CT molecular complexity index is 832. The molecule has 2 N–H and O–H groups in total. The second kappa shape index (κ2) is 7.27. The average molecular weight is 387 g/mol. The molecule has 0 saturated heterocycles. The lowest BCUT2D eigenvalue weighted by atomic mass is 10.2. The molecule has 1 amide bonds. The van der Waals surface area contributed by atoms with Crippen LogP contribution in [0.4, 0.5) is 11.5 Å². The fourth-order valence-electron chi connectivity index (χ4n) is 2.05. The smallest absolute Gasteiger partial charge is 0.276 e. The molecule has 0 spiro atoms. The minimum Gasteiger partial charge on any atom is -0.467 e.